The fourth-order valence-electron chi connectivity index (χ4n) is 16.9. The molecule has 6 aromatic carbocycles. The second-order valence-electron chi connectivity index (χ2n) is 20.5. The number of rotatable bonds is 3. The monoisotopic (exact) mass is 751 g/mol. The van der Waals surface area contributed by atoms with Crippen LogP contribution in [0.2, 0.25) is 0 Å². The summed E-state index contributed by atoms with van der Waals surface area (Å²) in [5, 5.41) is 2.38. The molecule has 10 aliphatic rings. The second kappa shape index (κ2) is 10.9. The number of furan rings is 1. The van der Waals surface area contributed by atoms with E-state index in [1.165, 1.54) is 114 Å². The molecule has 0 aliphatic heterocycles. The van der Waals surface area contributed by atoms with Gasteiger partial charge in [-0.15, -0.1) is 0 Å². The minimum absolute atomic E-state index is 0.109. The van der Waals surface area contributed by atoms with Crippen molar-refractivity contribution in [3.8, 4) is 22.3 Å². The highest BCUT2D eigenvalue weighted by Crippen LogP contribution is 2.71. The first-order chi connectivity index (χ1) is 28.7. The first kappa shape index (κ1) is 31.9. The highest BCUT2D eigenvalue weighted by atomic mass is 16.3. The number of hydrogen-bond donors (Lipinski definition) is 0. The molecule has 10 aliphatic carbocycles. The van der Waals surface area contributed by atoms with Crippen LogP contribution in [0.25, 0.3) is 44.2 Å². The van der Waals surface area contributed by atoms with Gasteiger partial charge in [-0.25, -0.2) is 0 Å². The Kier molecular flexibility index (Phi) is 6.01. The molecule has 2 spiro atoms. The van der Waals surface area contributed by atoms with E-state index >= 15 is 0 Å². The maximum absolute atomic E-state index is 6.61. The lowest BCUT2D eigenvalue weighted by atomic mass is 9.43. The minimum Gasteiger partial charge on any atom is -0.456 e. The highest BCUT2D eigenvalue weighted by Gasteiger charge is 2.63. The van der Waals surface area contributed by atoms with Crippen molar-refractivity contribution in [2.45, 2.75) is 75.0 Å². The van der Waals surface area contributed by atoms with E-state index in [9.17, 15) is 0 Å². The fraction of sp³-hybridized carbons (Fsp3) is 0.357. The van der Waals surface area contributed by atoms with Crippen LogP contribution in [0.1, 0.15) is 86.5 Å². The summed E-state index contributed by atoms with van der Waals surface area (Å²) in [7, 11) is 0. The summed E-state index contributed by atoms with van der Waals surface area (Å²) in [5.74, 6) is 6.69. The zero-order valence-corrected chi connectivity index (χ0v) is 33.2. The van der Waals surface area contributed by atoms with Gasteiger partial charge in [-0.05, 0) is 199 Å². The molecule has 1 heterocycles. The predicted molar refractivity (Wildman–Crippen MR) is 235 cm³/mol. The van der Waals surface area contributed by atoms with Gasteiger partial charge in [0, 0.05) is 27.6 Å². The maximum Gasteiger partial charge on any atom is 0.137 e. The van der Waals surface area contributed by atoms with Crippen LogP contribution < -0.4 is 4.90 Å². The molecule has 2 heteroatoms. The van der Waals surface area contributed by atoms with Gasteiger partial charge in [-0.3, -0.25) is 0 Å². The first-order valence-corrected chi connectivity index (χ1v) is 22.9. The molecular weight excluding hydrogens is 703 g/mol. The van der Waals surface area contributed by atoms with Crippen molar-refractivity contribution in [3.63, 3.8) is 0 Å². The van der Waals surface area contributed by atoms with Crippen molar-refractivity contribution in [1.29, 1.82) is 0 Å². The molecule has 0 atom stereocenters. The van der Waals surface area contributed by atoms with Crippen LogP contribution in [-0.2, 0) is 10.8 Å². The van der Waals surface area contributed by atoms with Gasteiger partial charge in [0.05, 0.1) is 11.1 Å². The van der Waals surface area contributed by atoms with Crippen molar-refractivity contribution in [3.05, 3.63) is 150 Å². The van der Waals surface area contributed by atoms with Gasteiger partial charge < -0.3 is 9.32 Å². The molecule has 0 radical (unpaired) electrons. The van der Waals surface area contributed by atoms with Gasteiger partial charge in [-0.1, -0.05) is 84.9 Å². The predicted octanol–water partition coefficient (Wildman–Crippen LogP) is 14.5. The van der Waals surface area contributed by atoms with Crippen LogP contribution in [0.3, 0.4) is 0 Å². The van der Waals surface area contributed by atoms with Gasteiger partial charge in [0.1, 0.15) is 11.2 Å². The Morgan fingerprint density at radius 2 is 0.897 bits per heavy atom. The molecule has 58 heavy (non-hydrogen) atoms. The Bertz CT molecular complexity index is 2850. The number of benzene rings is 6. The third-order valence-corrected chi connectivity index (χ3v) is 18.2. The molecule has 8 saturated carbocycles. The van der Waals surface area contributed by atoms with Gasteiger partial charge in [0.15, 0.2) is 0 Å². The lowest BCUT2D eigenvalue weighted by molar-refractivity contribution is -0.0399. The molecule has 284 valence electrons. The third kappa shape index (κ3) is 3.75. The minimum atomic E-state index is 0.109. The maximum atomic E-state index is 6.61. The lowest BCUT2D eigenvalue weighted by Crippen LogP contribution is -2.55. The molecule has 2 nitrogen and oxygen atoms in total. The summed E-state index contributed by atoms with van der Waals surface area (Å²) in [6, 6.07) is 49.9. The number of para-hydroxylation sites is 1. The summed E-state index contributed by atoms with van der Waals surface area (Å²) >= 11 is 0. The summed E-state index contributed by atoms with van der Waals surface area (Å²) in [5.41, 5.74) is 18.3. The van der Waals surface area contributed by atoms with Crippen LogP contribution in [0.5, 0.6) is 0 Å². The summed E-state index contributed by atoms with van der Waals surface area (Å²) in [4.78, 5) is 2.63. The smallest absolute Gasteiger partial charge is 0.137 e. The van der Waals surface area contributed by atoms with Gasteiger partial charge >= 0.3 is 0 Å². The van der Waals surface area contributed by atoms with Gasteiger partial charge in [0.2, 0.25) is 0 Å². The van der Waals surface area contributed by atoms with E-state index in [1.54, 1.807) is 22.3 Å². The summed E-state index contributed by atoms with van der Waals surface area (Å²) in [6.07, 6.45) is 14.2. The highest BCUT2D eigenvalue weighted by molar-refractivity contribution is 6.13. The summed E-state index contributed by atoms with van der Waals surface area (Å²) in [6.45, 7) is 0. The van der Waals surface area contributed by atoms with Crippen LogP contribution >= 0.6 is 0 Å². The van der Waals surface area contributed by atoms with E-state index in [0.29, 0.717) is 0 Å². The molecule has 0 N–H and O–H groups in total. The molecule has 0 saturated heterocycles. The number of fused-ring (bicyclic) bond motifs is 9. The Hall–Kier alpha value is -5.08. The van der Waals surface area contributed by atoms with Gasteiger partial charge in [-0.2, -0.15) is 0 Å². The van der Waals surface area contributed by atoms with E-state index in [1.807, 2.05) is 0 Å². The quantitative estimate of drug-likeness (QED) is 0.179. The van der Waals surface area contributed by atoms with E-state index in [0.717, 1.165) is 58.5 Å². The van der Waals surface area contributed by atoms with Crippen LogP contribution in [0, 0.1) is 47.3 Å². The third-order valence-electron chi connectivity index (χ3n) is 18.2. The van der Waals surface area contributed by atoms with E-state index in [2.05, 4.69) is 132 Å². The largest absolute Gasteiger partial charge is 0.456 e. The standard InChI is InChI=1S/C56H49NO/c1-4-11-47-42(8-1)44-18-16-41(31-50(44)56(47)38-26-34-21-35(28-38)29-39(56)27-34)57(51-13-7-15-53-54(51)45-10-3-6-14-52(45)58-53)40-17-19-49-46(30-40)43-9-2-5-12-48(43)55(49)36-22-32-20-33(24-36)25-37(55)23-32/h1-19,30-39H,20-29H2. The Morgan fingerprint density at radius 1 is 0.397 bits per heavy atom. The topological polar surface area (TPSA) is 16.4 Å². The Balaban J connectivity index is 0.979. The van der Waals surface area contributed by atoms with E-state index in [4.69, 9.17) is 4.42 Å². The number of nitrogens with zero attached hydrogens (tertiary/aromatic N) is 1. The SMILES string of the molecule is c1ccc2c(c1)-c1cc(N(c3ccc4c(c3)C3(c5ccccc5-4)C4CC5CC(C4)CC3C5)c3cccc4oc5ccccc5c34)ccc1C21C2CC3CC(C2)CC1C3. The molecule has 8 fully saturated rings. The average Bonchev–Trinajstić information content (AvgIpc) is 3.87. The van der Waals surface area contributed by atoms with Crippen molar-refractivity contribution in [2.24, 2.45) is 47.3 Å². The van der Waals surface area contributed by atoms with Crippen LogP contribution in [0.4, 0.5) is 17.1 Å². The molecule has 0 amide bonds. The van der Waals surface area contributed by atoms with Crippen LogP contribution in [0.15, 0.2) is 132 Å². The van der Waals surface area contributed by atoms with Crippen molar-refractivity contribution in [1.82, 2.24) is 0 Å². The zero-order valence-electron chi connectivity index (χ0n) is 33.2. The number of anilines is 3. The van der Waals surface area contributed by atoms with E-state index in [-0.39, 0.29) is 10.8 Å². The Labute approximate surface area is 341 Å². The second-order valence-corrected chi connectivity index (χ2v) is 20.5. The van der Waals surface area contributed by atoms with Crippen LogP contribution in [-0.4, -0.2) is 0 Å². The lowest BCUT2D eigenvalue weighted by Gasteiger charge is -2.61. The average molecular weight is 752 g/mol. The molecule has 17 rings (SSSR count). The summed E-state index contributed by atoms with van der Waals surface area (Å²) < 4.78 is 6.61. The normalized spacial score (nSPS) is 33.7. The first-order valence-electron chi connectivity index (χ1n) is 22.9. The molecular formula is C56H49NO. The molecule has 1 aromatic heterocycles. The zero-order chi connectivity index (χ0) is 37.5. The van der Waals surface area contributed by atoms with Crippen molar-refractivity contribution < 1.29 is 4.42 Å². The van der Waals surface area contributed by atoms with Crippen molar-refractivity contribution in [2.75, 3.05) is 4.90 Å². The van der Waals surface area contributed by atoms with Crippen molar-refractivity contribution >= 4 is 39.0 Å². The number of hydrogen-bond acceptors (Lipinski definition) is 2. The Morgan fingerprint density at radius 3 is 1.57 bits per heavy atom. The fourth-order valence-corrected chi connectivity index (χ4v) is 16.9. The molecule has 7 aromatic rings. The molecule has 8 bridgehead atoms. The van der Waals surface area contributed by atoms with Gasteiger partial charge in [0.25, 0.3) is 0 Å². The molecule has 0 unspecified atom stereocenters. The van der Waals surface area contributed by atoms with E-state index < -0.39 is 0 Å².